The van der Waals surface area contributed by atoms with Crippen molar-refractivity contribution in [1.82, 2.24) is 10.2 Å². The molecule has 102 valence electrons. The lowest BCUT2D eigenvalue weighted by Crippen LogP contribution is -2.45. The van der Waals surface area contributed by atoms with Gasteiger partial charge in [-0.15, -0.1) is 0 Å². The second-order valence-corrected chi connectivity index (χ2v) is 4.98. The largest absolute Gasteiger partial charge is 0.378 e. The fourth-order valence-electron chi connectivity index (χ4n) is 2.64. The molecule has 0 aromatic rings. The summed E-state index contributed by atoms with van der Waals surface area (Å²) in [6.45, 7) is 12.0. The summed E-state index contributed by atoms with van der Waals surface area (Å²) in [5.41, 5.74) is 0. The van der Waals surface area contributed by atoms with E-state index in [1.165, 1.54) is 32.2 Å². The molecule has 0 saturated carbocycles. The van der Waals surface area contributed by atoms with Crippen molar-refractivity contribution < 1.29 is 4.74 Å². The molecule has 0 spiro atoms. The number of morpholine rings is 1. The predicted octanol–water partition coefficient (Wildman–Crippen LogP) is 2.27. The average molecular weight is 242 g/mol. The van der Waals surface area contributed by atoms with Crippen LogP contribution in [0.5, 0.6) is 0 Å². The van der Waals surface area contributed by atoms with Crippen molar-refractivity contribution in [2.24, 2.45) is 0 Å². The first-order valence-corrected chi connectivity index (χ1v) is 7.36. The highest BCUT2D eigenvalue weighted by atomic mass is 16.5. The van der Waals surface area contributed by atoms with E-state index in [1.807, 2.05) is 0 Å². The molecule has 2 unspecified atom stereocenters. The monoisotopic (exact) mass is 242 g/mol. The van der Waals surface area contributed by atoms with Gasteiger partial charge in [-0.3, -0.25) is 4.90 Å². The molecule has 0 aliphatic carbocycles. The van der Waals surface area contributed by atoms with E-state index in [0.717, 1.165) is 26.3 Å². The van der Waals surface area contributed by atoms with Crippen LogP contribution >= 0.6 is 0 Å². The lowest BCUT2D eigenvalue weighted by Gasteiger charge is -2.35. The minimum absolute atomic E-state index is 0.656. The van der Waals surface area contributed by atoms with Gasteiger partial charge in [-0.05, 0) is 38.8 Å². The molecular weight excluding hydrogens is 212 g/mol. The first-order chi connectivity index (χ1) is 8.31. The molecule has 0 aromatic heterocycles. The number of nitrogens with one attached hydrogen (secondary N) is 1. The Balaban J connectivity index is 2.19. The summed E-state index contributed by atoms with van der Waals surface area (Å²) in [5, 5.41) is 3.55. The fourth-order valence-corrected chi connectivity index (χ4v) is 2.64. The normalized spacial score (nSPS) is 23.8. The van der Waals surface area contributed by atoms with Gasteiger partial charge in [0.25, 0.3) is 0 Å². The Morgan fingerprint density at radius 2 is 2.18 bits per heavy atom. The van der Waals surface area contributed by atoms with Gasteiger partial charge in [-0.25, -0.2) is 0 Å². The number of hydrogen-bond donors (Lipinski definition) is 1. The molecule has 0 bridgehead atoms. The quantitative estimate of drug-likeness (QED) is 0.706. The SMILES string of the molecule is CCNC(CC)CCCN1CCOCC1CC. The van der Waals surface area contributed by atoms with Crippen LogP contribution in [-0.2, 0) is 4.74 Å². The first kappa shape index (κ1) is 14.9. The zero-order valence-corrected chi connectivity index (χ0v) is 11.9. The van der Waals surface area contributed by atoms with Crippen LogP contribution in [0.3, 0.4) is 0 Å². The van der Waals surface area contributed by atoms with Gasteiger partial charge in [0.2, 0.25) is 0 Å². The summed E-state index contributed by atoms with van der Waals surface area (Å²) in [7, 11) is 0. The lowest BCUT2D eigenvalue weighted by molar-refractivity contribution is -0.00939. The summed E-state index contributed by atoms with van der Waals surface area (Å²) >= 11 is 0. The van der Waals surface area contributed by atoms with Crippen LogP contribution in [0.4, 0.5) is 0 Å². The predicted molar refractivity (Wildman–Crippen MR) is 73.5 cm³/mol. The van der Waals surface area contributed by atoms with E-state index in [-0.39, 0.29) is 0 Å². The maximum absolute atomic E-state index is 5.54. The van der Waals surface area contributed by atoms with Gasteiger partial charge >= 0.3 is 0 Å². The molecule has 1 aliphatic heterocycles. The number of nitrogens with zero attached hydrogens (tertiary/aromatic N) is 1. The van der Waals surface area contributed by atoms with Gasteiger partial charge in [0, 0.05) is 18.6 Å². The molecule has 2 atom stereocenters. The van der Waals surface area contributed by atoms with Crippen molar-refractivity contribution in [3.8, 4) is 0 Å². The van der Waals surface area contributed by atoms with Gasteiger partial charge in [-0.2, -0.15) is 0 Å². The molecule has 3 nitrogen and oxygen atoms in total. The van der Waals surface area contributed by atoms with Crippen molar-refractivity contribution in [2.75, 3.05) is 32.8 Å². The van der Waals surface area contributed by atoms with Crippen LogP contribution in [0, 0.1) is 0 Å². The van der Waals surface area contributed by atoms with Crippen molar-refractivity contribution >= 4 is 0 Å². The standard InChI is InChI=1S/C14H30N2O/c1-4-13(15-6-3)8-7-9-16-10-11-17-12-14(16)5-2/h13-15H,4-12H2,1-3H3. The van der Waals surface area contributed by atoms with E-state index in [2.05, 4.69) is 31.0 Å². The summed E-state index contributed by atoms with van der Waals surface area (Å²) in [5.74, 6) is 0. The topological polar surface area (TPSA) is 24.5 Å². The van der Waals surface area contributed by atoms with Crippen LogP contribution < -0.4 is 5.32 Å². The third-order valence-corrected chi connectivity index (χ3v) is 3.80. The highest BCUT2D eigenvalue weighted by Gasteiger charge is 2.20. The van der Waals surface area contributed by atoms with Crippen LogP contribution in [0.1, 0.15) is 46.5 Å². The van der Waals surface area contributed by atoms with E-state index >= 15 is 0 Å². The van der Waals surface area contributed by atoms with Gasteiger partial charge in [-0.1, -0.05) is 20.8 Å². The number of hydrogen-bond acceptors (Lipinski definition) is 3. The molecule has 1 rings (SSSR count). The highest BCUT2D eigenvalue weighted by Crippen LogP contribution is 2.12. The second-order valence-electron chi connectivity index (χ2n) is 4.98. The zero-order valence-electron chi connectivity index (χ0n) is 11.9. The van der Waals surface area contributed by atoms with Crippen LogP contribution in [-0.4, -0.2) is 49.8 Å². The molecule has 1 aliphatic rings. The number of rotatable bonds is 8. The molecule has 1 heterocycles. The van der Waals surface area contributed by atoms with Crippen molar-refractivity contribution in [2.45, 2.75) is 58.5 Å². The van der Waals surface area contributed by atoms with Crippen molar-refractivity contribution in [3.63, 3.8) is 0 Å². The third-order valence-electron chi connectivity index (χ3n) is 3.80. The Labute approximate surface area is 107 Å². The van der Waals surface area contributed by atoms with Crippen molar-refractivity contribution in [3.05, 3.63) is 0 Å². The minimum atomic E-state index is 0.656. The first-order valence-electron chi connectivity index (χ1n) is 7.36. The zero-order chi connectivity index (χ0) is 12.5. The molecule has 17 heavy (non-hydrogen) atoms. The van der Waals surface area contributed by atoms with E-state index < -0.39 is 0 Å². The molecule has 0 amide bonds. The summed E-state index contributed by atoms with van der Waals surface area (Å²) < 4.78 is 5.54. The molecular formula is C14H30N2O. The van der Waals surface area contributed by atoms with E-state index in [0.29, 0.717) is 12.1 Å². The molecule has 3 heteroatoms. The Bertz CT molecular complexity index is 187. The lowest BCUT2D eigenvalue weighted by atomic mass is 10.1. The van der Waals surface area contributed by atoms with Crippen molar-refractivity contribution in [1.29, 1.82) is 0 Å². The molecule has 1 N–H and O–H groups in total. The maximum Gasteiger partial charge on any atom is 0.0622 e. The second kappa shape index (κ2) is 8.90. The molecule has 1 fully saturated rings. The highest BCUT2D eigenvalue weighted by molar-refractivity contribution is 4.74. The van der Waals surface area contributed by atoms with Gasteiger partial charge in [0.15, 0.2) is 0 Å². The smallest absolute Gasteiger partial charge is 0.0622 e. The maximum atomic E-state index is 5.54. The van der Waals surface area contributed by atoms with E-state index in [4.69, 9.17) is 4.74 Å². The van der Waals surface area contributed by atoms with E-state index in [9.17, 15) is 0 Å². The summed E-state index contributed by atoms with van der Waals surface area (Å²) in [6.07, 6.45) is 5.07. The Kier molecular flexibility index (Phi) is 7.82. The van der Waals surface area contributed by atoms with E-state index in [1.54, 1.807) is 0 Å². The summed E-state index contributed by atoms with van der Waals surface area (Å²) in [6, 6.07) is 1.36. The van der Waals surface area contributed by atoms with Crippen LogP contribution in [0.2, 0.25) is 0 Å². The van der Waals surface area contributed by atoms with Gasteiger partial charge in [0.05, 0.1) is 13.2 Å². The Morgan fingerprint density at radius 3 is 2.82 bits per heavy atom. The van der Waals surface area contributed by atoms with Crippen LogP contribution in [0.25, 0.3) is 0 Å². The molecule has 0 aromatic carbocycles. The average Bonchev–Trinajstić information content (AvgIpc) is 2.38. The third kappa shape index (κ3) is 5.36. The number of ether oxygens (including phenoxy) is 1. The minimum Gasteiger partial charge on any atom is -0.378 e. The van der Waals surface area contributed by atoms with Gasteiger partial charge in [0.1, 0.15) is 0 Å². The van der Waals surface area contributed by atoms with Gasteiger partial charge < -0.3 is 10.1 Å². The Morgan fingerprint density at radius 1 is 1.35 bits per heavy atom. The summed E-state index contributed by atoms with van der Waals surface area (Å²) in [4.78, 5) is 2.61. The molecule has 1 saturated heterocycles. The van der Waals surface area contributed by atoms with Crippen LogP contribution in [0.15, 0.2) is 0 Å². The molecule has 0 radical (unpaired) electrons. The Hall–Kier alpha value is -0.120. The fraction of sp³-hybridized carbons (Fsp3) is 1.00.